The molecule has 2 aromatic heterocycles. The molecule has 0 saturated carbocycles. The fraction of sp³-hybridized carbons (Fsp3) is 0.579. The topological polar surface area (TPSA) is 57.0 Å². The molecule has 2 atom stereocenters. The standard InChI is InChI=1S/C19H29ClN6.HI/c1-5-21-19(24-17-12-25(13(2)3)9-14(17)4)22-8-16-11-26-10-15(20)6-7-18(26)23-16;/h6-7,10-11,13-14,17H,5,8-9,12H2,1-4H3,(H2,21,22,24);1H. The Bertz CT molecular complexity index is 775. The van der Waals surface area contributed by atoms with E-state index >= 15 is 0 Å². The Morgan fingerprint density at radius 1 is 1.33 bits per heavy atom. The lowest BCUT2D eigenvalue weighted by molar-refractivity contribution is 0.265. The van der Waals surface area contributed by atoms with Gasteiger partial charge in [-0.3, -0.25) is 4.90 Å². The highest BCUT2D eigenvalue weighted by molar-refractivity contribution is 14.0. The number of halogens is 2. The predicted octanol–water partition coefficient (Wildman–Crippen LogP) is 3.39. The van der Waals surface area contributed by atoms with Crippen molar-refractivity contribution < 1.29 is 0 Å². The van der Waals surface area contributed by atoms with Gasteiger partial charge >= 0.3 is 0 Å². The monoisotopic (exact) mass is 504 g/mol. The van der Waals surface area contributed by atoms with Crippen LogP contribution < -0.4 is 10.6 Å². The summed E-state index contributed by atoms with van der Waals surface area (Å²) >= 11 is 6.04. The summed E-state index contributed by atoms with van der Waals surface area (Å²) in [5, 5.41) is 7.66. The molecule has 0 spiro atoms. The van der Waals surface area contributed by atoms with E-state index in [4.69, 9.17) is 16.6 Å². The number of nitrogens with zero attached hydrogens (tertiary/aromatic N) is 4. The lowest BCUT2D eigenvalue weighted by Crippen LogP contribution is -2.46. The fourth-order valence-electron chi connectivity index (χ4n) is 3.36. The molecule has 8 heteroatoms. The van der Waals surface area contributed by atoms with Crippen LogP contribution in [0.15, 0.2) is 29.5 Å². The van der Waals surface area contributed by atoms with Crippen molar-refractivity contribution in [1.82, 2.24) is 24.9 Å². The number of fused-ring (bicyclic) bond motifs is 1. The maximum absolute atomic E-state index is 6.04. The van der Waals surface area contributed by atoms with Gasteiger partial charge < -0.3 is 15.0 Å². The van der Waals surface area contributed by atoms with E-state index in [0.717, 1.165) is 36.9 Å². The van der Waals surface area contributed by atoms with Gasteiger partial charge in [0, 0.05) is 44.1 Å². The van der Waals surface area contributed by atoms with Crippen molar-refractivity contribution in [3.05, 3.63) is 35.2 Å². The van der Waals surface area contributed by atoms with Crippen LogP contribution in [-0.2, 0) is 6.54 Å². The molecule has 2 aromatic rings. The van der Waals surface area contributed by atoms with Crippen molar-refractivity contribution in [2.75, 3.05) is 19.6 Å². The van der Waals surface area contributed by atoms with Crippen LogP contribution in [0.3, 0.4) is 0 Å². The number of guanidine groups is 1. The van der Waals surface area contributed by atoms with Crippen molar-refractivity contribution in [3.8, 4) is 0 Å². The van der Waals surface area contributed by atoms with E-state index in [1.165, 1.54) is 0 Å². The first-order valence-electron chi connectivity index (χ1n) is 9.38. The van der Waals surface area contributed by atoms with Crippen LogP contribution in [0, 0.1) is 5.92 Å². The van der Waals surface area contributed by atoms with Gasteiger partial charge in [0.2, 0.25) is 0 Å². The van der Waals surface area contributed by atoms with E-state index in [9.17, 15) is 0 Å². The van der Waals surface area contributed by atoms with Gasteiger partial charge in [-0.1, -0.05) is 18.5 Å². The Balaban J connectivity index is 0.00000261. The first-order chi connectivity index (χ1) is 12.5. The summed E-state index contributed by atoms with van der Waals surface area (Å²) in [5.41, 5.74) is 1.81. The smallest absolute Gasteiger partial charge is 0.191 e. The van der Waals surface area contributed by atoms with Crippen molar-refractivity contribution in [3.63, 3.8) is 0 Å². The molecule has 1 aliphatic rings. The summed E-state index contributed by atoms with van der Waals surface area (Å²) in [6.07, 6.45) is 3.84. The number of nitrogens with one attached hydrogen (secondary N) is 2. The van der Waals surface area contributed by atoms with Gasteiger partial charge in [0.25, 0.3) is 0 Å². The van der Waals surface area contributed by atoms with E-state index in [1.54, 1.807) is 0 Å². The Morgan fingerprint density at radius 2 is 2.11 bits per heavy atom. The van der Waals surface area contributed by atoms with Crippen molar-refractivity contribution in [2.24, 2.45) is 10.9 Å². The summed E-state index contributed by atoms with van der Waals surface area (Å²) in [4.78, 5) is 11.8. The van der Waals surface area contributed by atoms with Gasteiger partial charge in [-0.2, -0.15) is 0 Å². The van der Waals surface area contributed by atoms with Gasteiger partial charge in [0.15, 0.2) is 5.96 Å². The normalized spacial score (nSPS) is 20.9. The Kier molecular flexibility index (Phi) is 8.18. The third-order valence-electron chi connectivity index (χ3n) is 4.90. The molecule has 1 saturated heterocycles. The van der Waals surface area contributed by atoms with Gasteiger partial charge in [-0.25, -0.2) is 9.98 Å². The molecule has 150 valence electrons. The molecule has 6 nitrogen and oxygen atoms in total. The Morgan fingerprint density at radius 3 is 2.78 bits per heavy atom. The zero-order valence-electron chi connectivity index (χ0n) is 16.4. The minimum Gasteiger partial charge on any atom is -0.357 e. The first kappa shape index (κ1) is 22.2. The molecule has 0 aromatic carbocycles. The van der Waals surface area contributed by atoms with Gasteiger partial charge in [0.05, 0.1) is 17.3 Å². The molecule has 0 aliphatic carbocycles. The highest BCUT2D eigenvalue weighted by atomic mass is 127. The van der Waals surface area contributed by atoms with Crippen LogP contribution >= 0.6 is 35.6 Å². The van der Waals surface area contributed by atoms with Crippen LogP contribution in [0.4, 0.5) is 0 Å². The van der Waals surface area contributed by atoms with Crippen molar-refractivity contribution in [1.29, 1.82) is 0 Å². The van der Waals surface area contributed by atoms with Crippen LogP contribution in [-0.4, -0.2) is 52.0 Å². The molecule has 27 heavy (non-hydrogen) atoms. The number of aliphatic imine (C=N–C) groups is 1. The summed E-state index contributed by atoms with van der Waals surface area (Å²) in [6, 6.07) is 4.76. The van der Waals surface area contributed by atoms with E-state index in [-0.39, 0.29) is 24.0 Å². The highest BCUT2D eigenvalue weighted by Crippen LogP contribution is 2.18. The van der Waals surface area contributed by atoms with Gasteiger partial charge in [-0.05, 0) is 38.8 Å². The Hall–Kier alpha value is -1.06. The van der Waals surface area contributed by atoms with E-state index < -0.39 is 0 Å². The number of aromatic nitrogens is 2. The zero-order valence-corrected chi connectivity index (χ0v) is 19.5. The molecule has 0 radical (unpaired) electrons. The average Bonchev–Trinajstić information content (AvgIpc) is 3.16. The summed E-state index contributed by atoms with van der Waals surface area (Å²) in [7, 11) is 0. The molecule has 0 amide bonds. The van der Waals surface area contributed by atoms with E-state index in [1.807, 2.05) is 28.9 Å². The maximum Gasteiger partial charge on any atom is 0.191 e. The van der Waals surface area contributed by atoms with Crippen LogP contribution in [0.2, 0.25) is 5.02 Å². The number of rotatable bonds is 5. The number of pyridine rings is 1. The second-order valence-electron chi connectivity index (χ2n) is 7.32. The number of likely N-dealkylation sites (tertiary alicyclic amines) is 1. The molecule has 2 N–H and O–H groups in total. The summed E-state index contributed by atoms with van der Waals surface area (Å²) < 4.78 is 1.94. The predicted molar refractivity (Wildman–Crippen MR) is 123 cm³/mol. The lowest BCUT2D eigenvalue weighted by Gasteiger charge is -2.21. The molecule has 3 heterocycles. The van der Waals surface area contributed by atoms with Crippen LogP contribution in [0.5, 0.6) is 0 Å². The number of hydrogen-bond donors (Lipinski definition) is 2. The summed E-state index contributed by atoms with van der Waals surface area (Å²) in [5.74, 6) is 1.45. The SMILES string of the molecule is CCNC(=NCc1cn2cc(Cl)ccc2n1)NC1CN(C(C)C)CC1C.I. The Labute approximate surface area is 183 Å². The molecule has 1 fully saturated rings. The van der Waals surface area contributed by atoms with Crippen molar-refractivity contribution >= 4 is 47.2 Å². The third kappa shape index (κ3) is 5.71. The second kappa shape index (κ2) is 9.93. The minimum atomic E-state index is 0. The number of hydrogen-bond acceptors (Lipinski definition) is 3. The van der Waals surface area contributed by atoms with Crippen LogP contribution in [0.25, 0.3) is 5.65 Å². The molecular formula is C19H30ClIN6. The van der Waals surface area contributed by atoms with E-state index in [0.29, 0.717) is 29.6 Å². The summed E-state index contributed by atoms with van der Waals surface area (Å²) in [6.45, 7) is 12.4. The highest BCUT2D eigenvalue weighted by Gasteiger charge is 2.31. The number of imidazole rings is 1. The second-order valence-corrected chi connectivity index (χ2v) is 7.75. The minimum absolute atomic E-state index is 0. The van der Waals surface area contributed by atoms with Crippen molar-refractivity contribution in [2.45, 2.75) is 46.3 Å². The maximum atomic E-state index is 6.04. The van der Waals surface area contributed by atoms with Crippen LogP contribution in [0.1, 0.15) is 33.4 Å². The van der Waals surface area contributed by atoms with Gasteiger partial charge in [0.1, 0.15) is 5.65 Å². The molecule has 3 rings (SSSR count). The lowest BCUT2D eigenvalue weighted by atomic mass is 10.1. The third-order valence-corrected chi connectivity index (χ3v) is 5.12. The molecule has 1 aliphatic heterocycles. The van der Waals surface area contributed by atoms with Gasteiger partial charge in [-0.15, -0.1) is 24.0 Å². The molecular weight excluding hydrogens is 475 g/mol. The molecule has 0 bridgehead atoms. The molecule has 2 unspecified atom stereocenters. The quantitative estimate of drug-likeness (QED) is 0.372. The largest absolute Gasteiger partial charge is 0.357 e. The average molecular weight is 505 g/mol. The fourth-order valence-corrected chi connectivity index (χ4v) is 3.53. The first-order valence-corrected chi connectivity index (χ1v) is 9.76. The zero-order chi connectivity index (χ0) is 18.7. The van der Waals surface area contributed by atoms with E-state index in [2.05, 4.69) is 48.2 Å².